The molecule has 5 N–H and O–H groups in total. The lowest BCUT2D eigenvalue weighted by Crippen LogP contribution is -2.44. The van der Waals surface area contributed by atoms with Gasteiger partial charge in [0.1, 0.15) is 21.8 Å². The highest BCUT2D eigenvalue weighted by Crippen LogP contribution is 2.57. The van der Waals surface area contributed by atoms with Crippen molar-refractivity contribution in [3.05, 3.63) is 59.2 Å². The molecule has 2 aromatic carbocycles. The van der Waals surface area contributed by atoms with Gasteiger partial charge in [-0.3, -0.25) is 19.2 Å². The summed E-state index contributed by atoms with van der Waals surface area (Å²) in [5.41, 5.74) is 0.237. The molecule has 10 heteroatoms. The van der Waals surface area contributed by atoms with Crippen molar-refractivity contribution < 1.29 is 28.5 Å². The average molecular weight is 540 g/mol. The first-order valence-electron chi connectivity index (χ1n) is 12.7. The van der Waals surface area contributed by atoms with E-state index in [1.54, 1.807) is 45.0 Å². The summed E-state index contributed by atoms with van der Waals surface area (Å²) < 4.78 is 31.4. The number of nitrogens with one attached hydrogen (secondary N) is 2. The van der Waals surface area contributed by atoms with Crippen molar-refractivity contribution in [1.82, 2.24) is 0 Å². The number of amides is 1. The van der Waals surface area contributed by atoms with Crippen LogP contribution in [0.15, 0.2) is 57.3 Å². The van der Waals surface area contributed by atoms with E-state index in [9.17, 15) is 23.8 Å². The molecule has 0 aromatic heterocycles. The number of hydrogen-bond donors (Lipinski definition) is 5. The van der Waals surface area contributed by atoms with E-state index >= 15 is 0 Å². The Labute approximate surface area is 223 Å². The van der Waals surface area contributed by atoms with E-state index in [1.165, 1.54) is 6.07 Å². The van der Waals surface area contributed by atoms with Gasteiger partial charge in [0.15, 0.2) is 11.6 Å². The second-order valence-electron chi connectivity index (χ2n) is 11.4. The predicted molar refractivity (Wildman–Crippen MR) is 149 cm³/mol. The van der Waals surface area contributed by atoms with E-state index in [1.807, 2.05) is 19.1 Å². The maximum atomic E-state index is 14.1. The summed E-state index contributed by atoms with van der Waals surface area (Å²) >= 11 is 0. The lowest BCUT2D eigenvalue weighted by molar-refractivity contribution is -0.121. The van der Waals surface area contributed by atoms with Crippen LogP contribution in [0.1, 0.15) is 64.5 Å². The SMILES string of the molecule is CC(C)(C)OC(=O)Nc1ccc2c(c1)S(O)(O)N=C(C1=C(O)c3ccccc3C(C)(CC3CCC3)C1=O)N2. The Kier molecular flexibility index (Phi) is 6.32. The largest absolute Gasteiger partial charge is 0.506 e. The Bertz CT molecular complexity index is 1390. The fourth-order valence-electron chi connectivity index (χ4n) is 5.29. The number of ketones is 1. The fraction of sp³-hybridized carbons (Fsp3) is 0.393. The highest BCUT2D eigenvalue weighted by Gasteiger charge is 2.48. The van der Waals surface area contributed by atoms with Crippen LogP contribution in [0.2, 0.25) is 0 Å². The van der Waals surface area contributed by atoms with E-state index in [0.717, 1.165) is 24.8 Å². The lowest BCUT2D eigenvalue weighted by atomic mass is 9.63. The molecule has 5 rings (SSSR count). The minimum atomic E-state index is -3.78. The maximum absolute atomic E-state index is 14.1. The van der Waals surface area contributed by atoms with Gasteiger partial charge >= 0.3 is 6.09 Å². The van der Waals surface area contributed by atoms with Crippen LogP contribution in [0.4, 0.5) is 16.2 Å². The normalized spacial score (nSPS) is 23.3. The van der Waals surface area contributed by atoms with Gasteiger partial charge in [0.25, 0.3) is 0 Å². The van der Waals surface area contributed by atoms with Crippen molar-refractivity contribution in [2.45, 2.75) is 69.3 Å². The van der Waals surface area contributed by atoms with Crippen LogP contribution in [0.3, 0.4) is 0 Å². The van der Waals surface area contributed by atoms with Gasteiger partial charge in [-0.1, -0.05) is 54.3 Å². The first kappa shape index (κ1) is 26.3. The van der Waals surface area contributed by atoms with Gasteiger partial charge in [-0.25, -0.2) is 4.79 Å². The molecular formula is C28H33N3O6S. The zero-order valence-corrected chi connectivity index (χ0v) is 22.7. The van der Waals surface area contributed by atoms with Gasteiger partial charge < -0.3 is 15.2 Å². The minimum absolute atomic E-state index is 0.0517. The molecule has 0 spiro atoms. The van der Waals surface area contributed by atoms with Crippen LogP contribution < -0.4 is 10.6 Å². The second kappa shape index (κ2) is 9.14. The number of fused-ring (bicyclic) bond motifs is 2. The number of rotatable bonds is 4. The van der Waals surface area contributed by atoms with Crippen molar-refractivity contribution in [1.29, 1.82) is 0 Å². The number of aliphatic hydroxyl groups is 1. The molecule has 0 bridgehead atoms. The summed E-state index contributed by atoms with van der Waals surface area (Å²) in [5.74, 6) is -0.238. The minimum Gasteiger partial charge on any atom is -0.506 e. The number of nitrogens with zero attached hydrogens (tertiary/aromatic N) is 1. The molecule has 38 heavy (non-hydrogen) atoms. The van der Waals surface area contributed by atoms with Crippen molar-refractivity contribution in [2.75, 3.05) is 10.6 Å². The summed E-state index contributed by atoms with van der Waals surface area (Å²) in [4.78, 5) is 26.3. The molecule has 0 radical (unpaired) electrons. The number of hydrogen-bond acceptors (Lipinski definition) is 8. The Balaban J connectivity index is 1.51. The smallest absolute Gasteiger partial charge is 0.412 e. The van der Waals surface area contributed by atoms with Crippen LogP contribution in [0.25, 0.3) is 5.76 Å². The number of aliphatic hydroxyl groups excluding tert-OH is 1. The number of Topliss-reactive ketones (excluding diaryl/α,β-unsaturated/α-hetero) is 1. The van der Waals surface area contributed by atoms with E-state index < -0.39 is 27.9 Å². The summed E-state index contributed by atoms with van der Waals surface area (Å²) in [6, 6.07) is 11.8. The molecule has 1 saturated carbocycles. The van der Waals surface area contributed by atoms with Gasteiger partial charge in [-0.05, 0) is 63.8 Å². The molecule has 1 atom stereocenters. The molecule has 9 nitrogen and oxygen atoms in total. The molecule has 0 saturated heterocycles. The molecule has 202 valence electrons. The van der Waals surface area contributed by atoms with Gasteiger partial charge in [0.2, 0.25) is 0 Å². The van der Waals surface area contributed by atoms with E-state index in [2.05, 4.69) is 15.0 Å². The van der Waals surface area contributed by atoms with E-state index in [0.29, 0.717) is 23.6 Å². The number of carbonyl (C=O) groups excluding carboxylic acids is 2. The highest BCUT2D eigenvalue weighted by molar-refractivity contribution is 8.23. The van der Waals surface area contributed by atoms with E-state index in [4.69, 9.17) is 4.74 Å². The number of carbonyl (C=O) groups is 2. The Hall–Kier alpha value is -3.34. The summed E-state index contributed by atoms with van der Waals surface area (Å²) in [6.45, 7) is 7.11. The lowest BCUT2D eigenvalue weighted by Gasteiger charge is -2.41. The molecule has 3 aliphatic rings. The Morgan fingerprint density at radius 3 is 2.58 bits per heavy atom. The molecular weight excluding hydrogens is 506 g/mol. The third-order valence-corrected chi connectivity index (χ3v) is 8.66. The molecule has 2 aliphatic carbocycles. The zero-order valence-electron chi connectivity index (χ0n) is 21.9. The predicted octanol–water partition coefficient (Wildman–Crippen LogP) is 6.88. The monoisotopic (exact) mass is 539 g/mol. The third kappa shape index (κ3) is 4.68. The number of anilines is 2. The topological polar surface area (TPSA) is 140 Å². The second-order valence-corrected chi connectivity index (χ2v) is 13.0. The third-order valence-electron chi connectivity index (χ3n) is 7.29. The van der Waals surface area contributed by atoms with E-state index in [-0.39, 0.29) is 33.5 Å². The first-order chi connectivity index (χ1) is 17.8. The van der Waals surface area contributed by atoms with Crippen molar-refractivity contribution in [3.63, 3.8) is 0 Å². The van der Waals surface area contributed by atoms with Crippen molar-refractivity contribution >= 4 is 45.6 Å². The van der Waals surface area contributed by atoms with Crippen molar-refractivity contribution in [2.24, 2.45) is 10.3 Å². The molecule has 1 fully saturated rings. The maximum Gasteiger partial charge on any atom is 0.412 e. The molecule has 2 aromatic rings. The number of benzene rings is 2. The van der Waals surface area contributed by atoms with Crippen LogP contribution in [-0.2, 0) is 14.9 Å². The summed E-state index contributed by atoms with van der Waals surface area (Å²) in [6.07, 6.45) is 3.21. The van der Waals surface area contributed by atoms with Crippen LogP contribution in [0.5, 0.6) is 0 Å². The molecule has 1 aliphatic heterocycles. The molecule has 1 heterocycles. The van der Waals surface area contributed by atoms with Gasteiger partial charge in [-0.15, -0.1) is 4.40 Å². The molecule has 1 amide bonds. The van der Waals surface area contributed by atoms with Gasteiger partial charge in [-0.2, -0.15) is 0 Å². The zero-order chi connectivity index (χ0) is 27.5. The number of amidine groups is 1. The number of ether oxygens (including phenoxy) is 1. The summed E-state index contributed by atoms with van der Waals surface area (Å²) in [7, 11) is -3.78. The van der Waals surface area contributed by atoms with Crippen molar-refractivity contribution in [3.8, 4) is 0 Å². The Morgan fingerprint density at radius 2 is 1.92 bits per heavy atom. The first-order valence-corrected chi connectivity index (χ1v) is 14.2. The average Bonchev–Trinajstić information content (AvgIpc) is 2.79. The Morgan fingerprint density at radius 1 is 1.21 bits per heavy atom. The van der Waals surface area contributed by atoms with Gasteiger partial charge in [0.05, 0.1) is 11.1 Å². The van der Waals surface area contributed by atoms with Gasteiger partial charge in [0, 0.05) is 11.3 Å². The van der Waals surface area contributed by atoms with Crippen LogP contribution >= 0.6 is 10.8 Å². The quantitative estimate of drug-likeness (QED) is 0.285. The van der Waals surface area contributed by atoms with Crippen LogP contribution in [0, 0.1) is 5.92 Å². The summed E-state index contributed by atoms with van der Waals surface area (Å²) in [5, 5.41) is 16.9. The standard InChI is InChI=1S/C28H33N3O6S/c1-27(2,3)37-26(34)29-17-12-13-20-21(14-17)38(35,36)31-25(30-20)22-23(32)18-10-5-6-11-19(18)28(4,24(22)33)15-16-8-7-9-16/h5-6,10-14,16,32,35-36H,7-9,15H2,1-4H3,(H,29,34)(H,30,31). The van der Waals surface area contributed by atoms with Crippen LogP contribution in [-0.4, -0.2) is 37.5 Å². The highest BCUT2D eigenvalue weighted by atomic mass is 32.3. The fourth-order valence-corrected chi connectivity index (χ4v) is 6.48. The molecule has 1 unspecified atom stereocenters.